The van der Waals surface area contributed by atoms with Crippen LogP contribution < -0.4 is 5.32 Å². The Balaban J connectivity index is 1.84. The van der Waals surface area contributed by atoms with Crippen molar-refractivity contribution in [2.24, 2.45) is 0 Å². The lowest BCUT2D eigenvalue weighted by molar-refractivity contribution is -0.141. The maximum Gasteiger partial charge on any atom is 0.242 e. The molecular weight excluding hydrogens is 408 g/mol. The third-order valence-corrected chi connectivity index (χ3v) is 6.05. The molecule has 172 valence electrons. The van der Waals surface area contributed by atoms with E-state index in [1.54, 1.807) is 11.9 Å². The molecule has 0 aliphatic carbocycles. The number of likely N-dealkylation sites (N-methyl/N-ethyl adjacent to an activating group) is 1. The highest BCUT2D eigenvalue weighted by atomic mass is 16.2. The van der Waals surface area contributed by atoms with Crippen molar-refractivity contribution < 1.29 is 9.59 Å². The molecule has 0 aliphatic heterocycles. The van der Waals surface area contributed by atoms with E-state index in [1.165, 1.54) is 11.1 Å². The van der Waals surface area contributed by atoms with E-state index in [-0.39, 0.29) is 11.8 Å². The van der Waals surface area contributed by atoms with Gasteiger partial charge >= 0.3 is 0 Å². The van der Waals surface area contributed by atoms with Gasteiger partial charge in [-0.25, -0.2) is 0 Å². The molecule has 4 heteroatoms. The van der Waals surface area contributed by atoms with E-state index in [2.05, 4.69) is 36.5 Å². The standard InChI is InChI=1S/C29H34N2O2/c1-4-23-14-16-24(17-15-23)18-19-28(32)31(21-26-12-10-22(2)11-13-26)27(29(33)30-3)20-25-8-6-5-7-9-25/h5-17,27H,4,18-21H2,1-3H3,(H,30,33)/t27-/m0/s1. The molecule has 2 amide bonds. The van der Waals surface area contributed by atoms with Crippen molar-refractivity contribution in [1.29, 1.82) is 0 Å². The summed E-state index contributed by atoms with van der Waals surface area (Å²) in [6.07, 6.45) is 2.48. The Kier molecular flexibility index (Phi) is 8.82. The quantitative estimate of drug-likeness (QED) is 0.487. The lowest BCUT2D eigenvalue weighted by atomic mass is 10.0. The van der Waals surface area contributed by atoms with E-state index in [0.29, 0.717) is 25.8 Å². The largest absolute Gasteiger partial charge is 0.357 e. The first-order valence-corrected chi connectivity index (χ1v) is 11.7. The maximum atomic E-state index is 13.5. The lowest BCUT2D eigenvalue weighted by Gasteiger charge is -2.31. The average molecular weight is 443 g/mol. The van der Waals surface area contributed by atoms with Gasteiger partial charge in [-0.2, -0.15) is 0 Å². The highest BCUT2D eigenvalue weighted by Gasteiger charge is 2.29. The van der Waals surface area contributed by atoms with E-state index in [9.17, 15) is 9.59 Å². The summed E-state index contributed by atoms with van der Waals surface area (Å²) >= 11 is 0. The van der Waals surface area contributed by atoms with Gasteiger partial charge < -0.3 is 10.2 Å². The van der Waals surface area contributed by atoms with Gasteiger partial charge in [-0.3, -0.25) is 9.59 Å². The molecule has 0 bridgehead atoms. The number of amides is 2. The Morgan fingerprint density at radius 1 is 0.818 bits per heavy atom. The molecule has 1 atom stereocenters. The molecular formula is C29H34N2O2. The Hall–Kier alpha value is -3.40. The summed E-state index contributed by atoms with van der Waals surface area (Å²) in [5, 5.41) is 2.77. The second-order valence-electron chi connectivity index (χ2n) is 8.50. The van der Waals surface area contributed by atoms with Gasteiger partial charge in [0.2, 0.25) is 11.8 Å². The lowest BCUT2D eigenvalue weighted by Crippen LogP contribution is -2.49. The van der Waals surface area contributed by atoms with Gasteiger partial charge in [-0.15, -0.1) is 0 Å². The minimum absolute atomic E-state index is 0.0142. The number of nitrogens with one attached hydrogen (secondary N) is 1. The molecule has 3 aromatic rings. The maximum absolute atomic E-state index is 13.5. The highest BCUT2D eigenvalue weighted by Crippen LogP contribution is 2.17. The number of rotatable bonds is 10. The van der Waals surface area contributed by atoms with Gasteiger partial charge in [-0.05, 0) is 42.0 Å². The van der Waals surface area contributed by atoms with Crippen molar-refractivity contribution in [2.45, 2.75) is 52.1 Å². The molecule has 4 nitrogen and oxygen atoms in total. The van der Waals surface area contributed by atoms with Crippen molar-refractivity contribution in [2.75, 3.05) is 7.05 Å². The molecule has 33 heavy (non-hydrogen) atoms. The van der Waals surface area contributed by atoms with Crippen molar-refractivity contribution in [3.63, 3.8) is 0 Å². The van der Waals surface area contributed by atoms with Crippen LogP contribution >= 0.6 is 0 Å². The highest BCUT2D eigenvalue weighted by molar-refractivity contribution is 5.88. The van der Waals surface area contributed by atoms with Crippen LogP contribution in [0.15, 0.2) is 78.9 Å². The van der Waals surface area contributed by atoms with Gasteiger partial charge in [-0.1, -0.05) is 91.3 Å². The number of hydrogen-bond donors (Lipinski definition) is 1. The molecule has 0 radical (unpaired) electrons. The number of aryl methyl sites for hydroxylation is 3. The number of carbonyl (C=O) groups is 2. The number of nitrogens with zero attached hydrogens (tertiary/aromatic N) is 1. The van der Waals surface area contributed by atoms with Crippen molar-refractivity contribution in [3.05, 3.63) is 107 Å². The second-order valence-corrected chi connectivity index (χ2v) is 8.50. The molecule has 3 rings (SSSR count). The van der Waals surface area contributed by atoms with E-state index in [0.717, 1.165) is 23.1 Å². The number of carbonyl (C=O) groups excluding carboxylic acids is 2. The fourth-order valence-corrected chi connectivity index (χ4v) is 3.95. The van der Waals surface area contributed by atoms with E-state index < -0.39 is 6.04 Å². The summed E-state index contributed by atoms with van der Waals surface area (Å²) < 4.78 is 0. The predicted molar refractivity (Wildman–Crippen MR) is 134 cm³/mol. The summed E-state index contributed by atoms with van der Waals surface area (Å²) in [7, 11) is 1.63. The van der Waals surface area contributed by atoms with Gasteiger partial charge in [0.25, 0.3) is 0 Å². The molecule has 0 spiro atoms. The van der Waals surface area contributed by atoms with Crippen LogP contribution in [0, 0.1) is 6.92 Å². The van der Waals surface area contributed by atoms with E-state index in [1.807, 2.05) is 61.5 Å². The summed E-state index contributed by atoms with van der Waals surface area (Å²) in [6, 6.07) is 25.9. The van der Waals surface area contributed by atoms with Crippen LogP contribution in [0.2, 0.25) is 0 Å². The van der Waals surface area contributed by atoms with Crippen LogP contribution in [0.4, 0.5) is 0 Å². The van der Waals surface area contributed by atoms with Crippen molar-refractivity contribution in [3.8, 4) is 0 Å². The smallest absolute Gasteiger partial charge is 0.242 e. The summed E-state index contributed by atoms with van der Waals surface area (Å²) in [6.45, 7) is 4.57. The van der Waals surface area contributed by atoms with E-state index in [4.69, 9.17) is 0 Å². The predicted octanol–water partition coefficient (Wildman–Crippen LogP) is 4.88. The monoisotopic (exact) mass is 442 g/mol. The Bertz CT molecular complexity index is 1030. The fourth-order valence-electron chi connectivity index (χ4n) is 3.95. The van der Waals surface area contributed by atoms with Gasteiger partial charge in [0.15, 0.2) is 0 Å². The molecule has 0 unspecified atom stereocenters. The van der Waals surface area contributed by atoms with Crippen LogP contribution in [0.25, 0.3) is 0 Å². The zero-order valence-corrected chi connectivity index (χ0v) is 19.9. The molecule has 0 fully saturated rings. The Morgan fingerprint density at radius 3 is 2.03 bits per heavy atom. The topological polar surface area (TPSA) is 49.4 Å². The third-order valence-electron chi connectivity index (χ3n) is 6.05. The molecule has 0 saturated heterocycles. The number of benzene rings is 3. The minimum Gasteiger partial charge on any atom is -0.357 e. The summed E-state index contributed by atoms with van der Waals surface area (Å²) in [4.78, 5) is 28.2. The Labute approximate surface area is 197 Å². The van der Waals surface area contributed by atoms with Crippen LogP contribution in [0.1, 0.15) is 41.2 Å². The summed E-state index contributed by atoms with van der Waals surface area (Å²) in [5.74, 6) is -0.161. The van der Waals surface area contributed by atoms with Gasteiger partial charge in [0.05, 0.1) is 0 Å². The first-order chi connectivity index (χ1) is 16.0. The zero-order valence-electron chi connectivity index (χ0n) is 19.9. The first kappa shape index (κ1) is 24.2. The molecule has 0 saturated carbocycles. The molecule has 0 heterocycles. The Morgan fingerprint density at radius 2 is 1.42 bits per heavy atom. The van der Waals surface area contributed by atoms with Crippen LogP contribution in [0.5, 0.6) is 0 Å². The SMILES string of the molecule is CCc1ccc(CCC(=O)N(Cc2ccc(C)cc2)[C@@H](Cc2ccccc2)C(=O)NC)cc1. The minimum atomic E-state index is -0.575. The third kappa shape index (κ3) is 7.04. The van der Waals surface area contributed by atoms with Crippen LogP contribution in [-0.4, -0.2) is 29.8 Å². The summed E-state index contributed by atoms with van der Waals surface area (Å²) in [5.41, 5.74) is 5.63. The van der Waals surface area contributed by atoms with Crippen molar-refractivity contribution in [1.82, 2.24) is 10.2 Å². The normalized spacial score (nSPS) is 11.6. The molecule has 3 aromatic carbocycles. The number of hydrogen-bond acceptors (Lipinski definition) is 2. The molecule has 0 aromatic heterocycles. The zero-order chi connectivity index (χ0) is 23.6. The molecule has 1 N–H and O–H groups in total. The van der Waals surface area contributed by atoms with Gasteiger partial charge in [0.1, 0.15) is 6.04 Å². The fraction of sp³-hybridized carbons (Fsp3) is 0.310. The molecule has 0 aliphatic rings. The van der Waals surface area contributed by atoms with Crippen LogP contribution in [-0.2, 0) is 35.4 Å². The van der Waals surface area contributed by atoms with Gasteiger partial charge in [0, 0.05) is 26.4 Å². The van der Waals surface area contributed by atoms with E-state index >= 15 is 0 Å². The average Bonchev–Trinajstić information content (AvgIpc) is 2.86. The van der Waals surface area contributed by atoms with Crippen molar-refractivity contribution >= 4 is 11.8 Å². The second kappa shape index (κ2) is 12.0. The van der Waals surface area contributed by atoms with Crippen LogP contribution in [0.3, 0.4) is 0 Å². The first-order valence-electron chi connectivity index (χ1n) is 11.7.